The number of alkyl carbamates (subject to hydrolysis) is 1. The Morgan fingerprint density at radius 3 is 2.44 bits per heavy atom. The van der Waals surface area contributed by atoms with Crippen molar-refractivity contribution in [3.05, 3.63) is 100 Å². The zero-order chi connectivity index (χ0) is 31.5. The first-order valence-corrected chi connectivity index (χ1v) is 14.8. The molecule has 228 valence electrons. The van der Waals surface area contributed by atoms with Gasteiger partial charge in [0.05, 0.1) is 36.9 Å². The molecule has 3 aromatic carbocycles. The number of aromatic amines is 2. The molecule has 1 saturated heterocycles. The fraction of sp³-hybridized carbons (Fsp3) is 0.212. The van der Waals surface area contributed by atoms with E-state index in [1.165, 1.54) is 31.6 Å². The summed E-state index contributed by atoms with van der Waals surface area (Å²) in [6, 6.07) is 16.3. The lowest BCUT2D eigenvalue weighted by Crippen LogP contribution is -2.45. The molecule has 2 aliphatic rings. The van der Waals surface area contributed by atoms with Gasteiger partial charge in [0.1, 0.15) is 0 Å². The molecule has 0 bridgehead atoms. The number of ether oxygens (including phenoxy) is 1. The van der Waals surface area contributed by atoms with Crippen LogP contribution in [0, 0.1) is 0 Å². The number of hydrogen-bond acceptors (Lipinski definition) is 6. The molecule has 7 rings (SSSR count). The molecule has 12 heteroatoms. The highest BCUT2D eigenvalue weighted by Crippen LogP contribution is 2.52. The predicted molar refractivity (Wildman–Crippen MR) is 168 cm³/mol. The molecule has 45 heavy (non-hydrogen) atoms. The van der Waals surface area contributed by atoms with E-state index >= 15 is 8.78 Å². The molecule has 2 aromatic heterocycles. The van der Waals surface area contributed by atoms with Gasteiger partial charge >= 0.3 is 6.09 Å². The van der Waals surface area contributed by atoms with Gasteiger partial charge in [-0.1, -0.05) is 30.3 Å². The molecular weight excluding hydrogens is 600 g/mol. The predicted octanol–water partition coefficient (Wildman–Crippen LogP) is 5.98. The topological polar surface area (TPSA) is 120 Å². The lowest BCUT2D eigenvalue weighted by molar-refractivity contribution is -0.132. The summed E-state index contributed by atoms with van der Waals surface area (Å²) in [6.45, 7) is 0.429. The van der Waals surface area contributed by atoms with Gasteiger partial charge in [0.15, 0.2) is 10.8 Å². The summed E-state index contributed by atoms with van der Waals surface area (Å²) in [5.41, 5.74) is 4.15. The summed E-state index contributed by atoms with van der Waals surface area (Å²) in [5.74, 6) is -3.63. The SMILES string of the molecule is COC(=O)N[C@@H](S)C(=O)N1CCCC1c1cc(=O)c2ccc(-c3ccc4c(c3)C(F)(F)c3cc(-c5cnc[nH]5)ccc3-4)cc2[nH]1. The van der Waals surface area contributed by atoms with Gasteiger partial charge in [-0.15, -0.1) is 12.6 Å². The van der Waals surface area contributed by atoms with Gasteiger partial charge in [0.2, 0.25) is 0 Å². The van der Waals surface area contributed by atoms with Crippen LogP contribution in [0.15, 0.2) is 78.0 Å². The molecule has 0 saturated carbocycles. The maximum atomic E-state index is 15.9. The second kappa shape index (κ2) is 10.9. The molecule has 3 heterocycles. The molecule has 1 unspecified atom stereocenters. The quantitative estimate of drug-likeness (QED) is 0.141. The van der Waals surface area contributed by atoms with Crippen molar-refractivity contribution in [2.24, 2.45) is 0 Å². The van der Waals surface area contributed by atoms with Gasteiger partial charge in [0.25, 0.3) is 11.8 Å². The van der Waals surface area contributed by atoms with E-state index in [2.05, 4.69) is 37.6 Å². The van der Waals surface area contributed by atoms with Crippen molar-refractivity contribution in [2.45, 2.75) is 30.2 Å². The number of thiol groups is 1. The van der Waals surface area contributed by atoms with Crippen molar-refractivity contribution in [1.82, 2.24) is 25.2 Å². The number of nitrogens with zero attached hydrogens (tertiary/aromatic N) is 2. The normalized spacial score (nSPS) is 17.2. The van der Waals surface area contributed by atoms with E-state index in [1.807, 2.05) is 0 Å². The number of amides is 2. The van der Waals surface area contributed by atoms with Crippen LogP contribution >= 0.6 is 12.6 Å². The highest BCUT2D eigenvalue weighted by Gasteiger charge is 2.44. The Balaban J connectivity index is 1.22. The first kappa shape index (κ1) is 28.8. The van der Waals surface area contributed by atoms with Crippen molar-refractivity contribution >= 4 is 35.5 Å². The first-order chi connectivity index (χ1) is 21.7. The maximum Gasteiger partial charge on any atom is 0.408 e. The van der Waals surface area contributed by atoms with Gasteiger partial charge in [-0.05, 0) is 59.4 Å². The average molecular weight is 628 g/mol. The number of benzene rings is 3. The Bertz CT molecular complexity index is 2050. The van der Waals surface area contributed by atoms with E-state index in [4.69, 9.17) is 0 Å². The highest BCUT2D eigenvalue weighted by molar-refractivity contribution is 7.81. The van der Waals surface area contributed by atoms with E-state index in [1.54, 1.807) is 53.6 Å². The fourth-order valence-electron chi connectivity index (χ4n) is 6.36. The number of methoxy groups -OCH3 is 1. The van der Waals surface area contributed by atoms with Gasteiger partial charge in [0, 0.05) is 40.4 Å². The summed E-state index contributed by atoms with van der Waals surface area (Å²) >= 11 is 4.22. The van der Waals surface area contributed by atoms with E-state index in [0.717, 1.165) is 0 Å². The maximum absolute atomic E-state index is 15.9. The van der Waals surface area contributed by atoms with Crippen molar-refractivity contribution < 1.29 is 23.1 Å². The lowest BCUT2D eigenvalue weighted by Gasteiger charge is -2.27. The number of imidazole rings is 1. The molecule has 0 spiro atoms. The average Bonchev–Trinajstić information content (AvgIpc) is 3.80. The van der Waals surface area contributed by atoms with Crippen molar-refractivity contribution in [1.29, 1.82) is 0 Å². The number of hydrogen-bond donors (Lipinski definition) is 4. The Labute approximate surface area is 261 Å². The first-order valence-electron chi connectivity index (χ1n) is 14.3. The van der Waals surface area contributed by atoms with Crippen molar-refractivity contribution in [2.75, 3.05) is 13.7 Å². The third-order valence-electron chi connectivity index (χ3n) is 8.57. The number of likely N-dealkylation sites (tertiary alicyclic amines) is 1. The van der Waals surface area contributed by atoms with E-state index in [-0.39, 0.29) is 16.6 Å². The van der Waals surface area contributed by atoms with Gasteiger partial charge in [-0.2, -0.15) is 8.78 Å². The van der Waals surface area contributed by atoms with Crippen LogP contribution in [0.5, 0.6) is 0 Å². The molecule has 1 fully saturated rings. The van der Waals surface area contributed by atoms with E-state index < -0.39 is 29.3 Å². The lowest BCUT2D eigenvalue weighted by atomic mass is 9.97. The number of pyridine rings is 1. The second-order valence-corrected chi connectivity index (χ2v) is 11.7. The molecule has 2 atom stereocenters. The van der Waals surface area contributed by atoms with Crippen molar-refractivity contribution in [3.63, 3.8) is 0 Å². The molecule has 5 aromatic rings. The Kier molecular flexibility index (Phi) is 6.96. The summed E-state index contributed by atoms with van der Waals surface area (Å²) in [6.07, 6.45) is 3.63. The van der Waals surface area contributed by atoms with Crippen LogP contribution < -0.4 is 10.7 Å². The van der Waals surface area contributed by atoms with Crippen LogP contribution in [-0.2, 0) is 15.5 Å². The largest absolute Gasteiger partial charge is 0.453 e. The van der Waals surface area contributed by atoms with Crippen LogP contribution in [0.2, 0.25) is 0 Å². The number of halogens is 2. The molecule has 9 nitrogen and oxygen atoms in total. The second-order valence-electron chi connectivity index (χ2n) is 11.1. The van der Waals surface area contributed by atoms with Crippen LogP contribution in [0.4, 0.5) is 13.6 Å². The third kappa shape index (κ3) is 4.85. The summed E-state index contributed by atoms with van der Waals surface area (Å²) < 4.78 is 36.3. The number of carbonyl (C=O) groups excluding carboxylic acids is 2. The van der Waals surface area contributed by atoms with Gasteiger partial charge < -0.3 is 24.9 Å². The summed E-state index contributed by atoms with van der Waals surface area (Å²) in [7, 11) is 1.19. The van der Waals surface area contributed by atoms with Crippen LogP contribution in [0.25, 0.3) is 44.4 Å². The summed E-state index contributed by atoms with van der Waals surface area (Å²) in [5, 5.41) is 1.69. The number of rotatable bonds is 5. The smallest absolute Gasteiger partial charge is 0.408 e. The fourth-order valence-corrected chi connectivity index (χ4v) is 6.61. The van der Waals surface area contributed by atoms with Crippen LogP contribution in [-0.4, -0.2) is 50.9 Å². The molecule has 0 radical (unpaired) electrons. The number of aromatic nitrogens is 3. The minimum atomic E-state index is -3.21. The molecule has 1 aliphatic heterocycles. The zero-order valence-corrected chi connectivity index (χ0v) is 24.8. The summed E-state index contributed by atoms with van der Waals surface area (Å²) in [4.78, 5) is 49.7. The van der Waals surface area contributed by atoms with E-state index in [9.17, 15) is 14.4 Å². The molecule has 1 aliphatic carbocycles. The molecule has 2 amide bonds. The van der Waals surface area contributed by atoms with Crippen LogP contribution in [0.3, 0.4) is 0 Å². The standard InChI is InChI=1S/C33H27F2N5O4S/c1-44-32(43)39-30(45)31(42)40-10-2-3-28(40)26-14-29(41)22-9-5-18(13-25(22)38-26)17-4-7-20-21-8-6-19(27-15-36-16-37-27)12-24(21)33(34,35)23(20)11-17/h4-9,11-16,28,30,45H,2-3,10H2,1H3,(H,36,37)(H,38,41)(H,39,43)/t28?,30-/m0/s1. The minimum Gasteiger partial charge on any atom is -0.453 e. The number of fused-ring (bicyclic) bond motifs is 4. The zero-order valence-electron chi connectivity index (χ0n) is 23.9. The Hall–Kier alpha value is -4.97. The van der Waals surface area contributed by atoms with Crippen LogP contribution in [0.1, 0.15) is 35.7 Å². The van der Waals surface area contributed by atoms with Gasteiger partial charge in [-0.25, -0.2) is 9.78 Å². The number of nitrogens with one attached hydrogen (secondary N) is 3. The monoisotopic (exact) mass is 627 g/mol. The van der Waals surface area contributed by atoms with E-state index in [0.29, 0.717) is 69.5 Å². The van der Waals surface area contributed by atoms with Crippen molar-refractivity contribution in [3.8, 4) is 33.5 Å². The van der Waals surface area contributed by atoms with Gasteiger partial charge in [-0.3, -0.25) is 9.59 Å². The third-order valence-corrected chi connectivity index (χ3v) is 8.92. The molecular formula is C33H27F2N5O4S. The minimum absolute atomic E-state index is 0.0601. The number of H-pyrrole nitrogens is 2. The Morgan fingerprint density at radius 1 is 1.04 bits per heavy atom. The highest BCUT2D eigenvalue weighted by atomic mass is 32.1. The number of carbonyl (C=O) groups is 2. The number of alkyl halides is 2. The molecule has 3 N–H and O–H groups in total. The Morgan fingerprint density at radius 2 is 1.73 bits per heavy atom.